The number of anilines is 1. The Hall–Kier alpha value is -3.03. The summed E-state index contributed by atoms with van der Waals surface area (Å²) in [4.78, 5) is 15.0. The van der Waals surface area contributed by atoms with Gasteiger partial charge in [-0.2, -0.15) is 0 Å². The van der Waals surface area contributed by atoms with Gasteiger partial charge in [0, 0.05) is 5.69 Å². The van der Waals surface area contributed by atoms with Crippen molar-refractivity contribution >= 4 is 33.7 Å². The normalized spacial score (nSPS) is 13.3. The molecule has 1 amide bonds. The number of fused-ring (bicyclic) bond motifs is 1. The third-order valence-electron chi connectivity index (χ3n) is 5.17. The summed E-state index contributed by atoms with van der Waals surface area (Å²) in [6, 6.07) is 17.7. The minimum absolute atomic E-state index is 0.0215. The summed E-state index contributed by atoms with van der Waals surface area (Å²) in [5, 5.41) is 15.6. The molecule has 7 heteroatoms. The average Bonchev–Trinajstić information content (AvgIpc) is 3.45. The molecule has 2 heterocycles. The molecule has 1 unspecified atom stereocenters. The number of amides is 1. The highest BCUT2D eigenvalue weighted by Gasteiger charge is 2.27. The zero-order chi connectivity index (χ0) is 20.9. The van der Waals surface area contributed by atoms with Crippen LogP contribution >= 0.6 is 11.3 Å². The van der Waals surface area contributed by atoms with Gasteiger partial charge in [-0.1, -0.05) is 43.3 Å². The summed E-state index contributed by atoms with van der Waals surface area (Å²) < 4.78 is 5.84. The second kappa shape index (κ2) is 9.19. The highest BCUT2D eigenvalue weighted by Crippen LogP contribution is 2.22. The monoisotopic (exact) mass is 421 g/mol. The Morgan fingerprint density at radius 3 is 2.73 bits per heavy atom. The van der Waals surface area contributed by atoms with Crippen LogP contribution in [0, 0.1) is 0 Å². The van der Waals surface area contributed by atoms with E-state index in [9.17, 15) is 4.79 Å². The van der Waals surface area contributed by atoms with E-state index in [0.717, 1.165) is 39.2 Å². The molecule has 2 N–H and O–H groups in total. The van der Waals surface area contributed by atoms with Gasteiger partial charge in [0.1, 0.15) is 0 Å². The molecule has 0 radical (unpaired) electrons. The Kier molecular flexibility index (Phi) is 6.21. The molecule has 30 heavy (non-hydrogen) atoms. The van der Waals surface area contributed by atoms with Gasteiger partial charge in [-0.15, -0.1) is 21.5 Å². The van der Waals surface area contributed by atoms with E-state index in [-0.39, 0.29) is 11.9 Å². The highest BCUT2D eigenvalue weighted by atomic mass is 32.1. The van der Waals surface area contributed by atoms with Crippen LogP contribution in [0.25, 0.3) is 21.5 Å². The van der Waals surface area contributed by atoms with E-state index in [1.54, 1.807) is 11.3 Å². The molecule has 0 saturated carbocycles. The fourth-order valence-corrected chi connectivity index (χ4v) is 4.15. The van der Waals surface area contributed by atoms with E-state index in [1.165, 1.54) is 0 Å². The molecule has 0 aliphatic rings. The fourth-order valence-electron chi connectivity index (χ4n) is 3.50. The number of rotatable bonds is 8. The molecule has 0 spiro atoms. The predicted octanol–water partition coefficient (Wildman–Crippen LogP) is 3.77. The molecule has 0 bridgehead atoms. The van der Waals surface area contributed by atoms with Gasteiger partial charge in [0.2, 0.25) is 0 Å². The lowest BCUT2D eigenvalue weighted by atomic mass is 10.1. The number of nitrogens with one attached hydrogen (secondary N) is 2. The molecule has 2 atom stereocenters. The third-order valence-corrected chi connectivity index (χ3v) is 6.03. The maximum atomic E-state index is 13.0. The summed E-state index contributed by atoms with van der Waals surface area (Å²) in [5.41, 5.74) is 0.805. The molecular formula is C23H25N4O2S+. The number of nitrogens with zero attached hydrogens (tertiary/aromatic N) is 2. The minimum atomic E-state index is -0.256. The molecule has 6 nitrogen and oxygen atoms in total. The maximum Gasteiger partial charge on any atom is 0.282 e. The van der Waals surface area contributed by atoms with E-state index in [1.807, 2.05) is 60.8 Å². The van der Waals surface area contributed by atoms with Crippen LogP contribution in [0.3, 0.4) is 0 Å². The highest BCUT2D eigenvalue weighted by molar-refractivity contribution is 7.13. The first kappa shape index (κ1) is 20.3. The van der Waals surface area contributed by atoms with Gasteiger partial charge in [-0.3, -0.25) is 4.79 Å². The number of aromatic nitrogens is 2. The van der Waals surface area contributed by atoms with Crippen LogP contribution in [-0.4, -0.2) is 28.7 Å². The van der Waals surface area contributed by atoms with E-state index in [2.05, 4.69) is 28.5 Å². The van der Waals surface area contributed by atoms with Crippen molar-refractivity contribution < 1.29 is 14.1 Å². The van der Waals surface area contributed by atoms with Crippen molar-refractivity contribution in [3.63, 3.8) is 0 Å². The number of thiophene rings is 1. The van der Waals surface area contributed by atoms with E-state index in [4.69, 9.17) is 4.42 Å². The Balaban J connectivity index is 1.45. The molecule has 2 aromatic heterocycles. The van der Waals surface area contributed by atoms with Crippen LogP contribution in [0.5, 0.6) is 0 Å². The zero-order valence-corrected chi connectivity index (χ0v) is 17.9. The lowest BCUT2D eigenvalue weighted by Gasteiger charge is -2.23. The lowest BCUT2D eigenvalue weighted by Crippen LogP contribution is -3.15. The van der Waals surface area contributed by atoms with Crippen molar-refractivity contribution in [2.24, 2.45) is 0 Å². The second-order valence-corrected chi connectivity index (χ2v) is 8.28. The molecule has 0 aliphatic heterocycles. The van der Waals surface area contributed by atoms with E-state index < -0.39 is 0 Å². The number of carbonyl (C=O) groups is 1. The summed E-state index contributed by atoms with van der Waals surface area (Å²) in [5.74, 6) is 1.06. The smallest absolute Gasteiger partial charge is 0.282 e. The van der Waals surface area contributed by atoms with Crippen LogP contribution in [0.15, 0.2) is 64.4 Å². The number of hydrogen-bond acceptors (Lipinski definition) is 5. The van der Waals surface area contributed by atoms with Gasteiger partial charge >= 0.3 is 0 Å². The van der Waals surface area contributed by atoms with Crippen molar-refractivity contribution in [1.29, 1.82) is 0 Å². The van der Waals surface area contributed by atoms with Crippen LogP contribution < -0.4 is 10.2 Å². The van der Waals surface area contributed by atoms with Crippen LogP contribution in [0.1, 0.15) is 26.2 Å². The van der Waals surface area contributed by atoms with Gasteiger partial charge in [0.05, 0.1) is 11.4 Å². The van der Waals surface area contributed by atoms with Crippen molar-refractivity contribution in [3.05, 3.63) is 65.9 Å². The predicted molar refractivity (Wildman–Crippen MR) is 119 cm³/mol. The van der Waals surface area contributed by atoms with Crippen molar-refractivity contribution in [1.82, 2.24) is 10.2 Å². The molecule has 0 fully saturated rings. The topological polar surface area (TPSA) is 72.5 Å². The molecule has 0 saturated heterocycles. The number of benzene rings is 2. The summed E-state index contributed by atoms with van der Waals surface area (Å²) in [7, 11) is 0. The Bertz CT molecular complexity index is 1120. The quantitative estimate of drug-likeness (QED) is 0.454. The molecule has 4 rings (SSSR count). The Morgan fingerprint density at radius 2 is 1.97 bits per heavy atom. The largest absolute Gasteiger partial charge is 0.414 e. The summed E-state index contributed by atoms with van der Waals surface area (Å²) in [6.07, 6.45) is 0.953. The van der Waals surface area contributed by atoms with E-state index in [0.29, 0.717) is 18.3 Å². The van der Waals surface area contributed by atoms with Crippen molar-refractivity contribution in [2.75, 3.05) is 11.9 Å². The van der Waals surface area contributed by atoms with Gasteiger partial charge in [-0.05, 0) is 47.7 Å². The lowest BCUT2D eigenvalue weighted by molar-refractivity contribution is -0.928. The van der Waals surface area contributed by atoms with Gasteiger partial charge < -0.3 is 14.6 Å². The maximum absolute atomic E-state index is 13.0. The van der Waals surface area contributed by atoms with Crippen molar-refractivity contribution in [2.45, 2.75) is 32.9 Å². The van der Waals surface area contributed by atoms with Crippen LogP contribution in [0.2, 0.25) is 0 Å². The van der Waals surface area contributed by atoms with Gasteiger partial charge in [-0.25, -0.2) is 0 Å². The second-order valence-electron chi connectivity index (χ2n) is 7.34. The average molecular weight is 422 g/mol. The van der Waals surface area contributed by atoms with Crippen LogP contribution in [0.4, 0.5) is 5.69 Å². The summed E-state index contributed by atoms with van der Waals surface area (Å²) >= 11 is 1.56. The first-order chi connectivity index (χ1) is 14.6. The molecule has 2 aromatic carbocycles. The number of quaternary nitrogens is 1. The van der Waals surface area contributed by atoms with Crippen LogP contribution in [-0.2, 0) is 11.3 Å². The number of carbonyl (C=O) groups excluding carboxylic acids is 1. The van der Waals surface area contributed by atoms with E-state index >= 15 is 0 Å². The first-order valence-corrected chi connectivity index (χ1v) is 11.0. The van der Waals surface area contributed by atoms with Gasteiger partial charge in [0.15, 0.2) is 12.6 Å². The van der Waals surface area contributed by atoms with Crippen molar-refractivity contribution in [3.8, 4) is 10.8 Å². The Morgan fingerprint density at radius 1 is 1.13 bits per heavy atom. The molecule has 4 aromatic rings. The first-order valence-electron chi connectivity index (χ1n) is 10.1. The third kappa shape index (κ3) is 4.58. The summed E-state index contributed by atoms with van der Waals surface area (Å²) in [6.45, 7) is 5.40. The van der Waals surface area contributed by atoms with Gasteiger partial charge in [0.25, 0.3) is 17.7 Å². The molecule has 154 valence electrons. The molecular weight excluding hydrogens is 396 g/mol. The fraction of sp³-hybridized carbons (Fsp3) is 0.261. The minimum Gasteiger partial charge on any atom is -0.414 e. The number of hydrogen-bond donors (Lipinski definition) is 2. The SMILES string of the molecule is CCC[NH+](Cc1nnc(-c2cccs2)o1)[C@H](C)C(=O)Nc1ccc2ccccc2c1. The zero-order valence-electron chi connectivity index (χ0n) is 17.1. The Labute approximate surface area is 179 Å². The standard InChI is InChI=1S/C23H24N4O2S/c1-3-12-27(15-21-25-26-23(29-21)20-9-6-13-30-20)16(2)22(28)24-19-11-10-17-7-4-5-8-18(17)14-19/h4-11,13-14,16H,3,12,15H2,1-2H3,(H,24,28)/p+1/t16-/m1/s1. The molecule has 0 aliphatic carbocycles.